The molecule has 0 aliphatic heterocycles. The van der Waals surface area contributed by atoms with Gasteiger partial charge in [-0.2, -0.15) is 0 Å². The van der Waals surface area contributed by atoms with Crippen LogP contribution in [0.15, 0.2) is 45.9 Å². The second kappa shape index (κ2) is 5.10. The van der Waals surface area contributed by atoms with Crippen LogP contribution in [0.4, 0.5) is 5.69 Å². The average molecular weight is 308 g/mol. The molecule has 0 unspecified atom stereocenters. The van der Waals surface area contributed by atoms with Crippen LogP contribution < -0.4 is 0 Å². The minimum Gasteiger partial charge on any atom is -0.504 e. The summed E-state index contributed by atoms with van der Waals surface area (Å²) in [4.78, 5) is 4.15. The van der Waals surface area contributed by atoms with E-state index in [1.807, 2.05) is 12.1 Å². The normalized spacial score (nSPS) is 10.9. The summed E-state index contributed by atoms with van der Waals surface area (Å²) in [7, 11) is 0. The highest BCUT2D eigenvalue weighted by Gasteiger charge is 2.08. The van der Waals surface area contributed by atoms with Crippen LogP contribution in [0.3, 0.4) is 0 Å². The third kappa shape index (κ3) is 2.62. The summed E-state index contributed by atoms with van der Waals surface area (Å²) in [6.45, 7) is 0. The number of aromatic hydroxyl groups is 3. The molecule has 0 aromatic heterocycles. The van der Waals surface area contributed by atoms with Crippen LogP contribution in [0.2, 0.25) is 0 Å². The zero-order valence-electron chi connectivity index (χ0n) is 9.21. The van der Waals surface area contributed by atoms with E-state index in [1.54, 1.807) is 12.1 Å². The summed E-state index contributed by atoms with van der Waals surface area (Å²) in [5, 5.41) is 28.1. The number of rotatable bonds is 2. The Labute approximate surface area is 112 Å². The van der Waals surface area contributed by atoms with Gasteiger partial charge in [0.05, 0.1) is 5.69 Å². The van der Waals surface area contributed by atoms with E-state index < -0.39 is 11.5 Å². The number of benzene rings is 2. The molecule has 0 spiro atoms. The molecule has 0 atom stereocenters. The van der Waals surface area contributed by atoms with Gasteiger partial charge >= 0.3 is 0 Å². The van der Waals surface area contributed by atoms with Crippen molar-refractivity contribution in [3.05, 3.63) is 46.4 Å². The van der Waals surface area contributed by atoms with E-state index in [0.29, 0.717) is 11.3 Å². The SMILES string of the molecule is Oc1ccc(C=Nc2ccc(Br)cc2)c(O)c1O. The van der Waals surface area contributed by atoms with Crippen molar-refractivity contribution in [1.82, 2.24) is 0 Å². The molecule has 2 aromatic rings. The van der Waals surface area contributed by atoms with Crippen LogP contribution in [-0.4, -0.2) is 21.5 Å². The van der Waals surface area contributed by atoms with Crippen LogP contribution in [0, 0.1) is 0 Å². The van der Waals surface area contributed by atoms with Gasteiger partial charge in [-0.3, -0.25) is 4.99 Å². The molecule has 0 saturated heterocycles. The van der Waals surface area contributed by atoms with Gasteiger partial charge in [0.25, 0.3) is 0 Å². The lowest BCUT2D eigenvalue weighted by Gasteiger charge is -2.03. The fourth-order valence-electron chi connectivity index (χ4n) is 1.36. The first-order chi connectivity index (χ1) is 8.58. The first-order valence-corrected chi connectivity index (χ1v) is 5.91. The maximum Gasteiger partial charge on any atom is 0.200 e. The van der Waals surface area contributed by atoms with Gasteiger partial charge in [0.1, 0.15) is 0 Å². The van der Waals surface area contributed by atoms with E-state index in [0.717, 1.165) is 4.47 Å². The van der Waals surface area contributed by atoms with Gasteiger partial charge in [-0.15, -0.1) is 0 Å². The third-order valence-corrected chi connectivity index (χ3v) is 2.87. The molecule has 4 nitrogen and oxygen atoms in total. The van der Waals surface area contributed by atoms with Crippen molar-refractivity contribution in [2.24, 2.45) is 4.99 Å². The Balaban J connectivity index is 2.29. The van der Waals surface area contributed by atoms with Gasteiger partial charge in [0, 0.05) is 16.3 Å². The zero-order valence-corrected chi connectivity index (χ0v) is 10.8. The van der Waals surface area contributed by atoms with E-state index in [9.17, 15) is 15.3 Å². The first-order valence-electron chi connectivity index (χ1n) is 5.11. The van der Waals surface area contributed by atoms with Crippen molar-refractivity contribution in [2.75, 3.05) is 0 Å². The van der Waals surface area contributed by atoms with Crippen LogP contribution >= 0.6 is 15.9 Å². The summed E-state index contributed by atoms with van der Waals surface area (Å²) in [6.07, 6.45) is 1.41. The second-order valence-electron chi connectivity index (χ2n) is 3.61. The Morgan fingerprint density at radius 2 is 1.56 bits per heavy atom. The fraction of sp³-hybridized carbons (Fsp3) is 0. The summed E-state index contributed by atoms with van der Waals surface area (Å²) in [5.74, 6) is -1.31. The highest BCUT2D eigenvalue weighted by atomic mass is 79.9. The van der Waals surface area contributed by atoms with Crippen molar-refractivity contribution in [3.8, 4) is 17.2 Å². The smallest absolute Gasteiger partial charge is 0.200 e. The number of phenols is 3. The molecular weight excluding hydrogens is 298 g/mol. The Bertz CT molecular complexity index is 594. The maximum absolute atomic E-state index is 9.59. The highest BCUT2D eigenvalue weighted by Crippen LogP contribution is 2.36. The minimum absolute atomic E-state index is 0.327. The molecule has 5 heteroatoms. The van der Waals surface area contributed by atoms with Crippen LogP contribution in [-0.2, 0) is 0 Å². The summed E-state index contributed by atoms with van der Waals surface area (Å²) >= 11 is 3.32. The number of aliphatic imine (C=N–C) groups is 1. The van der Waals surface area contributed by atoms with Crippen molar-refractivity contribution >= 4 is 27.8 Å². The second-order valence-corrected chi connectivity index (χ2v) is 4.52. The van der Waals surface area contributed by atoms with Crippen LogP contribution in [0.1, 0.15) is 5.56 Å². The molecule has 0 saturated carbocycles. The Morgan fingerprint density at radius 3 is 2.22 bits per heavy atom. The topological polar surface area (TPSA) is 73.1 Å². The van der Waals surface area contributed by atoms with Crippen molar-refractivity contribution < 1.29 is 15.3 Å². The minimum atomic E-state index is -0.547. The van der Waals surface area contributed by atoms with Crippen LogP contribution in [0.5, 0.6) is 17.2 Å². The number of halogens is 1. The van der Waals surface area contributed by atoms with E-state index in [1.165, 1.54) is 18.3 Å². The number of phenolic OH excluding ortho intramolecular Hbond substituents is 3. The van der Waals surface area contributed by atoms with Crippen molar-refractivity contribution in [2.45, 2.75) is 0 Å². The zero-order chi connectivity index (χ0) is 13.1. The van der Waals surface area contributed by atoms with Crippen LogP contribution in [0.25, 0.3) is 0 Å². The molecule has 0 heterocycles. The average Bonchev–Trinajstić information content (AvgIpc) is 2.37. The van der Waals surface area contributed by atoms with Crippen molar-refractivity contribution in [3.63, 3.8) is 0 Å². The van der Waals surface area contributed by atoms with E-state index in [2.05, 4.69) is 20.9 Å². The predicted molar refractivity (Wildman–Crippen MR) is 72.8 cm³/mol. The Morgan fingerprint density at radius 1 is 0.889 bits per heavy atom. The first kappa shape index (κ1) is 12.4. The van der Waals surface area contributed by atoms with Gasteiger partial charge in [0.15, 0.2) is 11.5 Å². The lowest BCUT2D eigenvalue weighted by atomic mass is 10.2. The molecule has 0 bridgehead atoms. The largest absolute Gasteiger partial charge is 0.504 e. The molecule has 0 amide bonds. The Kier molecular flexibility index (Phi) is 3.53. The molecule has 0 fully saturated rings. The van der Waals surface area contributed by atoms with Gasteiger partial charge in [-0.1, -0.05) is 15.9 Å². The quantitative estimate of drug-likeness (QED) is 0.588. The Hall–Kier alpha value is -2.01. The number of hydrogen-bond donors (Lipinski definition) is 3. The molecule has 0 aliphatic rings. The summed E-state index contributed by atoms with van der Waals surface area (Å²) < 4.78 is 0.951. The molecule has 2 rings (SSSR count). The molecule has 0 aliphatic carbocycles. The predicted octanol–water partition coefficient (Wildman–Crippen LogP) is 3.32. The summed E-state index contributed by atoms with van der Waals surface area (Å²) in [6, 6.07) is 10.1. The lowest BCUT2D eigenvalue weighted by Crippen LogP contribution is -1.83. The third-order valence-electron chi connectivity index (χ3n) is 2.34. The molecule has 0 radical (unpaired) electrons. The molecule has 18 heavy (non-hydrogen) atoms. The van der Waals surface area contributed by atoms with E-state index >= 15 is 0 Å². The van der Waals surface area contributed by atoms with E-state index in [4.69, 9.17) is 0 Å². The number of hydrogen-bond acceptors (Lipinski definition) is 4. The van der Waals surface area contributed by atoms with Gasteiger partial charge in [0.2, 0.25) is 5.75 Å². The van der Waals surface area contributed by atoms with Crippen molar-refractivity contribution in [1.29, 1.82) is 0 Å². The number of nitrogens with zero attached hydrogens (tertiary/aromatic N) is 1. The standard InChI is InChI=1S/C13H10BrNO3/c14-9-2-4-10(5-3-9)15-7-8-1-6-11(16)13(18)12(8)17/h1-7,16-18H. The lowest BCUT2D eigenvalue weighted by molar-refractivity contribution is 0.367. The highest BCUT2D eigenvalue weighted by molar-refractivity contribution is 9.10. The molecule has 2 aromatic carbocycles. The van der Waals surface area contributed by atoms with Gasteiger partial charge in [-0.25, -0.2) is 0 Å². The molecular formula is C13H10BrNO3. The monoisotopic (exact) mass is 307 g/mol. The fourth-order valence-corrected chi connectivity index (χ4v) is 1.62. The van der Waals surface area contributed by atoms with E-state index in [-0.39, 0.29) is 5.75 Å². The molecule has 92 valence electrons. The van der Waals surface area contributed by atoms with Gasteiger partial charge in [-0.05, 0) is 36.4 Å². The maximum atomic E-state index is 9.59. The molecule has 3 N–H and O–H groups in total. The summed E-state index contributed by atoms with van der Waals surface area (Å²) in [5.41, 5.74) is 1.04. The van der Waals surface area contributed by atoms with Gasteiger partial charge < -0.3 is 15.3 Å².